The van der Waals surface area contributed by atoms with Crippen LogP contribution in [0.4, 0.5) is 0 Å². The second-order valence-electron chi connectivity index (χ2n) is 3.91. The predicted octanol–water partition coefficient (Wildman–Crippen LogP) is 3.05. The van der Waals surface area contributed by atoms with Crippen molar-refractivity contribution in [1.82, 2.24) is 0 Å². The van der Waals surface area contributed by atoms with E-state index in [2.05, 4.69) is 6.58 Å². The lowest BCUT2D eigenvalue weighted by Gasteiger charge is -2.02. The quantitative estimate of drug-likeness (QED) is 0.673. The van der Waals surface area contributed by atoms with Gasteiger partial charge in [0, 0.05) is 0 Å². The molecule has 0 spiro atoms. The number of allylic oxidation sites excluding steroid dienone is 1. The van der Waals surface area contributed by atoms with Gasteiger partial charge in [0.25, 0.3) is 10.1 Å². The fraction of sp³-hybridized carbons (Fsp3) is 0.0667. The summed E-state index contributed by atoms with van der Waals surface area (Å²) < 4.78 is 30.5. The number of phenols is 1. The molecule has 0 saturated carbocycles. The van der Waals surface area contributed by atoms with Crippen molar-refractivity contribution in [3.8, 4) is 5.75 Å². The van der Waals surface area contributed by atoms with Crippen LogP contribution in [0.15, 0.2) is 72.1 Å². The van der Waals surface area contributed by atoms with Crippen molar-refractivity contribution in [1.29, 1.82) is 0 Å². The molecule has 0 aliphatic carbocycles. The highest BCUT2D eigenvalue weighted by molar-refractivity contribution is 7.85. The first kappa shape index (κ1) is 15.9. The largest absolute Gasteiger partial charge is 0.508 e. The summed E-state index contributed by atoms with van der Waals surface area (Å²) in [5.41, 5.74) is 0.556. The molecule has 2 aromatic rings. The smallest absolute Gasteiger partial charge is 0.294 e. The fourth-order valence-electron chi connectivity index (χ4n) is 1.51. The maximum absolute atomic E-state index is 10.8. The van der Waals surface area contributed by atoms with Crippen LogP contribution < -0.4 is 0 Å². The Kier molecular flexibility index (Phi) is 5.96. The van der Waals surface area contributed by atoms with Crippen LogP contribution in [-0.2, 0) is 16.5 Å². The van der Waals surface area contributed by atoms with Crippen molar-refractivity contribution < 1.29 is 18.1 Å². The number of hydrogen-bond acceptors (Lipinski definition) is 3. The van der Waals surface area contributed by atoms with Crippen molar-refractivity contribution in [3.05, 3.63) is 72.8 Å². The van der Waals surface area contributed by atoms with Crippen LogP contribution in [0.25, 0.3) is 0 Å². The zero-order chi connectivity index (χ0) is 15.0. The molecule has 2 N–H and O–H groups in total. The van der Waals surface area contributed by atoms with Crippen molar-refractivity contribution in [3.63, 3.8) is 0 Å². The van der Waals surface area contributed by atoms with E-state index in [1.54, 1.807) is 48.5 Å². The second kappa shape index (κ2) is 7.47. The summed E-state index contributed by atoms with van der Waals surface area (Å²) in [5.74, 6) is 0.322. The number of phenolic OH excluding ortho intramolecular Hbond substituents is 1. The van der Waals surface area contributed by atoms with Gasteiger partial charge < -0.3 is 5.11 Å². The van der Waals surface area contributed by atoms with Gasteiger partial charge >= 0.3 is 0 Å². The molecule has 0 amide bonds. The van der Waals surface area contributed by atoms with Crippen molar-refractivity contribution in [2.24, 2.45) is 0 Å². The van der Waals surface area contributed by atoms with Crippen molar-refractivity contribution in [2.75, 3.05) is 0 Å². The van der Waals surface area contributed by atoms with Crippen LogP contribution in [0, 0.1) is 0 Å². The van der Waals surface area contributed by atoms with Crippen molar-refractivity contribution >= 4 is 10.1 Å². The normalized spacial score (nSPS) is 10.2. The zero-order valence-electron chi connectivity index (χ0n) is 10.8. The van der Waals surface area contributed by atoms with Gasteiger partial charge in [0.15, 0.2) is 0 Å². The number of para-hydroxylation sites is 1. The third kappa shape index (κ3) is 5.26. The first-order valence-corrected chi connectivity index (χ1v) is 7.29. The highest BCUT2D eigenvalue weighted by atomic mass is 32.2. The molecule has 0 saturated heterocycles. The van der Waals surface area contributed by atoms with Crippen LogP contribution in [0.1, 0.15) is 5.56 Å². The molecule has 0 heterocycles. The molecule has 0 atom stereocenters. The van der Waals surface area contributed by atoms with E-state index in [1.165, 1.54) is 6.07 Å². The van der Waals surface area contributed by atoms with Crippen LogP contribution >= 0.6 is 0 Å². The van der Waals surface area contributed by atoms with E-state index >= 15 is 0 Å². The Bertz CT molecular complexity index is 649. The van der Waals surface area contributed by atoms with E-state index in [4.69, 9.17) is 9.66 Å². The molecule has 106 valence electrons. The maximum Gasteiger partial charge on any atom is 0.294 e. The number of aromatic hydroxyl groups is 1. The molecular formula is C15H16O4S. The molecule has 0 unspecified atom stereocenters. The Balaban J connectivity index is 0.000000240. The number of rotatable bonds is 3. The lowest BCUT2D eigenvalue weighted by Crippen LogP contribution is -2.02. The third-order valence-electron chi connectivity index (χ3n) is 2.37. The summed E-state index contributed by atoms with van der Waals surface area (Å²) in [7, 11) is -4.10. The molecule has 2 rings (SSSR count). The fourth-order valence-corrected chi connectivity index (χ4v) is 2.24. The van der Waals surface area contributed by atoms with Crippen LogP contribution in [0.3, 0.4) is 0 Å². The van der Waals surface area contributed by atoms with Crippen LogP contribution in [0.2, 0.25) is 0 Å². The number of hydrogen-bond donors (Lipinski definition) is 2. The summed E-state index contributed by atoms with van der Waals surface area (Å²) >= 11 is 0. The minimum atomic E-state index is -4.10. The van der Waals surface area contributed by atoms with Gasteiger partial charge in [-0.05, 0) is 30.2 Å². The lowest BCUT2D eigenvalue weighted by molar-refractivity contribution is 0.475. The molecule has 0 radical (unpaired) electrons. The van der Waals surface area contributed by atoms with Gasteiger partial charge in [-0.15, -0.1) is 6.58 Å². The van der Waals surface area contributed by atoms with E-state index < -0.39 is 10.1 Å². The average Bonchev–Trinajstić information content (AvgIpc) is 2.40. The summed E-state index contributed by atoms with van der Waals surface area (Å²) in [6, 6.07) is 15.0. The lowest BCUT2D eigenvalue weighted by atomic mass is 10.1. The van der Waals surface area contributed by atoms with Crippen LogP contribution in [0.5, 0.6) is 5.75 Å². The Labute approximate surface area is 118 Å². The Hall–Kier alpha value is -2.11. The standard InChI is InChI=1S/C9H10O3S.C6H6O/c1-2-5-8-6-3-4-7-9(8)13(10,11)12;7-6-4-2-1-3-5-6/h2-4,6-7H,1,5H2,(H,10,11,12);1-5,7H. The van der Waals surface area contributed by atoms with E-state index in [1.807, 2.05) is 6.07 Å². The minimum Gasteiger partial charge on any atom is -0.508 e. The van der Waals surface area contributed by atoms with Gasteiger partial charge in [-0.25, -0.2) is 0 Å². The Morgan fingerprint density at radius 2 is 1.55 bits per heavy atom. The molecule has 0 aromatic heterocycles. The van der Waals surface area contributed by atoms with Gasteiger partial charge in [-0.1, -0.05) is 42.5 Å². The van der Waals surface area contributed by atoms with E-state index in [-0.39, 0.29) is 4.90 Å². The molecule has 2 aromatic carbocycles. The molecule has 5 heteroatoms. The first-order valence-electron chi connectivity index (χ1n) is 5.85. The molecule has 0 aliphatic heterocycles. The van der Waals surface area contributed by atoms with E-state index in [0.29, 0.717) is 17.7 Å². The summed E-state index contributed by atoms with van der Waals surface area (Å²) in [5, 5.41) is 8.63. The molecule has 0 bridgehead atoms. The van der Waals surface area contributed by atoms with Gasteiger partial charge in [0.1, 0.15) is 5.75 Å². The average molecular weight is 292 g/mol. The SMILES string of the molecule is C=CCc1ccccc1S(=O)(=O)O.Oc1ccccc1. The highest BCUT2D eigenvalue weighted by Gasteiger charge is 2.12. The monoisotopic (exact) mass is 292 g/mol. The van der Waals surface area contributed by atoms with Gasteiger partial charge in [-0.2, -0.15) is 8.42 Å². The van der Waals surface area contributed by atoms with Gasteiger partial charge in [0.2, 0.25) is 0 Å². The minimum absolute atomic E-state index is 0.0464. The van der Waals surface area contributed by atoms with Crippen LogP contribution in [-0.4, -0.2) is 18.1 Å². The highest BCUT2D eigenvalue weighted by Crippen LogP contribution is 2.15. The summed E-state index contributed by atoms with van der Waals surface area (Å²) in [6.07, 6.45) is 2.01. The van der Waals surface area contributed by atoms with Gasteiger partial charge in [0.05, 0.1) is 4.90 Å². The molecule has 4 nitrogen and oxygen atoms in total. The Morgan fingerprint density at radius 1 is 1.00 bits per heavy atom. The molecule has 0 aliphatic rings. The first-order chi connectivity index (χ1) is 9.45. The van der Waals surface area contributed by atoms with Crippen molar-refractivity contribution in [2.45, 2.75) is 11.3 Å². The van der Waals surface area contributed by atoms with Gasteiger partial charge in [-0.3, -0.25) is 4.55 Å². The molecule has 0 fully saturated rings. The summed E-state index contributed by atoms with van der Waals surface area (Å²) in [4.78, 5) is -0.0464. The van der Waals surface area contributed by atoms with E-state index in [9.17, 15) is 8.42 Å². The third-order valence-corrected chi connectivity index (χ3v) is 3.33. The second-order valence-corrected chi connectivity index (χ2v) is 5.30. The topological polar surface area (TPSA) is 74.6 Å². The number of benzene rings is 2. The maximum atomic E-state index is 10.8. The zero-order valence-corrected chi connectivity index (χ0v) is 11.6. The predicted molar refractivity (Wildman–Crippen MR) is 78.3 cm³/mol. The molecule has 20 heavy (non-hydrogen) atoms. The Morgan fingerprint density at radius 3 is 2.00 bits per heavy atom. The van der Waals surface area contributed by atoms with E-state index in [0.717, 1.165) is 0 Å². The summed E-state index contributed by atoms with van der Waals surface area (Å²) in [6.45, 7) is 3.50. The molecular weight excluding hydrogens is 276 g/mol.